The number of carbonyl (C=O) groups is 2. The van der Waals surface area contributed by atoms with Crippen LogP contribution in [0.15, 0.2) is 18.5 Å². The fourth-order valence-electron chi connectivity index (χ4n) is 2.01. The lowest BCUT2D eigenvalue weighted by atomic mass is 10.2. The van der Waals surface area contributed by atoms with Crippen LogP contribution in [0.2, 0.25) is 0 Å². The zero-order valence-corrected chi connectivity index (χ0v) is 9.87. The largest absolute Gasteiger partial charge is 0.368 e. The average molecular weight is 249 g/mol. The van der Waals surface area contributed by atoms with Crippen molar-refractivity contribution >= 4 is 17.8 Å². The second-order valence-corrected chi connectivity index (χ2v) is 4.08. The Morgan fingerprint density at radius 2 is 2.17 bits per heavy atom. The maximum atomic E-state index is 11.9. The topological polar surface area (TPSA) is 101 Å². The van der Waals surface area contributed by atoms with Crippen molar-refractivity contribution in [1.82, 2.24) is 15.3 Å². The number of nitrogens with one attached hydrogen (secondary N) is 1. The van der Waals surface area contributed by atoms with Gasteiger partial charge in [0.05, 0.1) is 6.54 Å². The number of rotatable bonds is 4. The molecule has 7 nitrogen and oxygen atoms in total. The first-order valence-electron chi connectivity index (χ1n) is 5.78. The molecule has 3 N–H and O–H groups in total. The summed E-state index contributed by atoms with van der Waals surface area (Å²) in [5.74, 6) is -0.225. The molecule has 1 aromatic rings. The number of hydrogen-bond donors (Lipinski definition) is 2. The van der Waals surface area contributed by atoms with E-state index in [1.54, 1.807) is 18.5 Å². The Bertz CT molecular complexity index is 436. The number of aromatic nitrogens is 2. The van der Waals surface area contributed by atoms with Crippen molar-refractivity contribution in [2.75, 3.05) is 18.0 Å². The highest BCUT2D eigenvalue weighted by molar-refractivity contribution is 5.89. The van der Waals surface area contributed by atoms with E-state index in [-0.39, 0.29) is 18.5 Å². The van der Waals surface area contributed by atoms with E-state index >= 15 is 0 Å². The Balaban J connectivity index is 2.03. The van der Waals surface area contributed by atoms with Crippen LogP contribution in [0.3, 0.4) is 0 Å². The molecule has 1 atom stereocenters. The minimum Gasteiger partial charge on any atom is -0.368 e. The summed E-state index contributed by atoms with van der Waals surface area (Å²) in [6, 6.07) is 1.40. The van der Waals surface area contributed by atoms with E-state index in [4.69, 9.17) is 5.73 Å². The third kappa shape index (κ3) is 2.73. The molecule has 1 fully saturated rings. The normalized spacial score (nSPS) is 18.7. The summed E-state index contributed by atoms with van der Waals surface area (Å²) in [5, 5.41) is 2.51. The molecule has 0 saturated carbocycles. The molecule has 0 bridgehead atoms. The fraction of sp³-hybridized carbons (Fsp3) is 0.455. The predicted octanol–water partition coefficient (Wildman–Crippen LogP) is -0.953. The third-order valence-corrected chi connectivity index (χ3v) is 2.80. The molecule has 1 unspecified atom stereocenters. The predicted molar refractivity (Wildman–Crippen MR) is 64.6 cm³/mol. The molecule has 1 saturated heterocycles. The Morgan fingerprint density at radius 1 is 1.44 bits per heavy atom. The highest BCUT2D eigenvalue weighted by atomic mass is 16.2. The van der Waals surface area contributed by atoms with Gasteiger partial charge < -0.3 is 16.0 Å². The fourth-order valence-corrected chi connectivity index (χ4v) is 2.01. The molecular formula is C11H15N5O2. The molecule has 0 aromatic carbocycles. The molecule has 1 aliphatic heterocycles. The summed E-state index contributed by atoms with van der Waals surface area (Å²) in [4.78, 5) is 32.7. The van der Waals surface area contributed by atoms with E-state index in [1.165, 1.54) is 0 Å². The lowest BCUT2D eigenvalue weighted by Crippen LogP contribution is -2.46. The first-order chi connectivity index (χ1) is 8.68. The quantitative estimate of drug-likeness (QED) is 0.716. The Morgan fingerprint density at radius 3 is 2.83 bits per heavy atom. The van der Waals surface area contributed by atoms with Gasteiger partial charge in [0.15, 0.2) is 0 Å². The Labute approximate surface area is 104 Å². The van der Waals surface area contributed by atoms with E-state index in [2.05, 4.69) is 15.3 Å². The maximum Gasteiger partial charge on any atom is 0.243 e. The van der Waals surface area contributed by atoms with Gasteiger partial charge in [-0.2, -0.15) is 0 Å². The molecule has 7 heteroatoms. The zero-order chi connectivity index (χ0) is 13.0. The van der Waals surface area contributed by atoms with E-state index in [9.17, 15) is 9.59 Å². The zero-order valence-electron chi connectivity index (χ0n) is 9.87. The Hall–Kier alpha value is -2.18. The summed E-state index contributed by atoms with van der Waals surface area (Å²) in [5.41, 5.74) is 4.99. The number of nitrogens with two attached hydrogens (primary N) is 1. The molecule has 1 aliphatic rings. The molecular weight excluding hydrogens is 234 g/mol. The number of primary amides is 1. The second kappa shape index (κ2) is 5.44. The number of carbonyl (C=O) groups excluding carboxylic acids is 2. The van der Waals surface area contributed by atoms with Gasteiger partial charge >= 0.3 is 0 Å². The molecule has 2 heterocycles. The maximum absolute atomic E-state index is 11.9. The van der Waals surface area contributed by atoms with Crippen molar-refractivity contribution in [2.24, 2.45) is 5.73 Å². The highest BCUT2D eigenvalue weighted by Gasteiger charge is 2.32. The number of nitrogens with zero attached hydrogens (tertiary/aromatic N) is 3. The van der Waals surface area contributed by atoms with Gasteiger partial charge in [-0.25, -0.2) is 9.97 Å². The van der Waals surface area contributed by atoms with E-state index < -0.39 is 5.91 Å². The molecule has 2 rings (SSSR count). The first-order valence-corrected chi connectivity index (χ1v) is 5.78. The van der Waals surface area contributed by atoms with Gasteiger partial charge in [0.1, 0.15) is 6.04 Å². The van der Waals surface area contributed by atoms with Gasteiger partial charge in [-0.05, 0) is 18.9 Å². The minimum atomic E-state index is -0.552. The highest BCUT2D eigenvalue weighted by Crippen LogP contribution is 2.21. The van der Waals surface area contributed by atoms with Crippen LogP contribution in [0, 0.1) is 0 Å². The summed E-state index contributed by atoms with van der Waals surface area (Å²) >= 11 is 0. The van der Waals surface area contributed by atoms with Gasteiger partial charge in [0, 0.05) is 18.9 Å². The molecule has 1 aromatic heterocycles. The van der Waals surface area contributed by atoms with Gasteiger partial charge in [-0.15, -0.1) is 0 Å². The van der Waals surface area contributed by atoms with Crippen molar-refractivity contribution in [3.8, 4) is 0 Å². The van der Waals surface area contributed by atoms with Gasteiger partial charge in [-0.1, -0.05) is 0 Å². The van der Waals surface area contributed by atoms with Crippen LogP contribution < -0.4 is 16.0 Å². The first kappa shape index (κ1) is 12.3. The van der Waals surface area contributed by atoms with Crippen LogP contribution in [-0.2, 0) is 9.59 Å². The van der Waals surface area contributed by atoms with Crippen LogP contribution >= 0.6 is 0 Å². The van der Waals surface area contributed by atoms with Crippen LogP contribution in [-0.4, -0.2) is 40.9 Å². The van der Waals surface area contributed by atoms with Crippen LogP contribution in [0.25, 0.3) is 0 Å². The number of anilines is 1. The molecule has 18 heavy (non-hydrogen) atoms. The SMILES string of the molecule is NC(=O)CNC(=O)C1CCCN1c1ncccn1. The summed E-state index contributed by atoms with van der Waals surface area (Å²) in [6.45, 7) is 0.595. The van der Waals surface area contributed by atoms with Crippen LogP contribution in [0.4, 0.5) is 5.95 Å². The lowest BCUT2D eigenvalue weighted by Gasteiger charge is -2.23. The van der Waals surface area contributed by atoms with Gasteiger partial charge in [-0.3, -0.25) is 9.59 Å². The number of hydrogen-bond acceptors (Lipinski definition) is 5. The summed E-state index contributed by atoms with van der Waals surface area (Å²) in [6.07, 6.45) is 4.90. The summed E-state index contributed by atoms with van der Waals surface area (Å²) in [7, 11) is 0. The molecule has 0 aliphatic carbocycles. The van der Waals surface area contributed by atoms with Crippen molar-refractivity contribution in [3.05, 3.63) is 18.5 Å². The van der Waals surface area contributed by atoms with Gasteiger partial charge in [0.25, 0.3) is 0 Å². The summed E-state index contributed by atoms with van der Waals surface area (Å²) < 4.78 is 0. The van der Waals surface area contributed by atoms with E-state index in [0.717, 1.165) is 19.4 Å². The standard InChI is InChI=1S/C11H15N5O2/c12-9(17)7-15-10(18)8-3-1-6-16(8)11-13-4-2-5-14-11/h2,4-5,8H,1,3,6-7H2,(H2,12,17)(H,15,18). The average Bonchev–Trinajstić information content (AvgIpc) is 2.86. The van der Waals surface area contributed by atoms with Gasteiger partial charge in [0.2, 0.25) is 17.8 Å². The van der Waals surface area contributed by atoms with E-state index in [0.29, 0.717) is 5.95 Å². The third-order valence-electron chi connectivity index (χ3n) is 2.80. The van der Waals surface area contributed by atoms with Crippen molar-refractivity contribution < 1.29 is 9.59 Å². The van der Waals surface area contributed by atoms with Crippen LogP contribution in [0.5, 0.6) is 0 Å². The number of amides is 2. The van der Waals surface area contributed by atoms with Crippen molar-refractivity contribution in [3.63, 3.8) is 0 Å². The molecule has 0 radical (unpaired) electrons. The molecule has 2 amide bonds. The second-order valence-electron chi connectivity index (χ2n) is 4.08. The van der Waals surface area contributed by atoms with E-state index in [1.807, 2.05) is 4.90 Å². The Kier molecular flexibility index (Phi) is 3.71. The monoisotopic (exact) mass is 249 g/mol. The molecule has 0 spiro atoms. The van der Waals surface area contributed by atoms with Crippen molar-refractivity contribution in [1.29, 1.82) is 0 Å². The van der Waals surface area contributed by atoms with Crippen LogP contribution in [0.1, 0.15) is 12.8 Å². The van der Waals surface area contributed by atoms with Crippen molar-refractivity contribution in [2.45, 2.75) is 18.9 Å². The lowest BCUT2D eigenvalue weighted by molar-refractivity contribution is -0.125. The minimum absolute atomic E-state index is 0.140. The smallest absolute Gasteiger partial charge is 0.243 e. The molecule has 96 valence electrons.